The van der Waals surface area contributed by atoms with Gasteiger partial charge in [-0.3, -0.25) is 4.90 Å². The molecular weight excluding hydrogens is 234 g/mol. The van der Waals surface area contributed by atoms with Crippen LogP contribution in [0.1, 0.15) is 38.3 Å². The molecule has 2 N–H and O–H groups in total. The summed E-state index contributed by atoms with van der Waals surface area (Å²) in [5.41, 5.74) is 8.64. The summed E-state index contributed by atoms with van der Waals surface area (Å²) in [4.78, 5) is 5.03. The normalized spacial score (nSPS) is 18.6. The molecule has 0 unspecified atom stereocenters. The molecule has 3 heteroatoms. The number of nitrogens with two attached hydrogens (primary N) is 1. The number of hydrogen-bond donors (Lipinski definition) is 1. The second kappa shape index (κ2) is 6.92. The van der Waals surface area contributed by atoms with Crippen LogP contribution in [0.5, 0.6) is 0 Å². The van der Waals surface area contributed by atoms with Gasteiger partial charge < -0.3 is 10.6 Å². The van der Waals surface area contributed by atoms with Crippen LogP contribution >= 0.6 is 0 Å². The minimum absolute atomic E-state index is 0.176. The lowest BCUT2D eigenvalue weighted by atomic mass is 10.0. The fraction of sp³-hybridized carbons (Fsp3) is 0.625. The molecule has 0 aliphatic carbocycles. The molecular formula is C16H27N3. The van der Waals surface area contributed by atoms with Crippen LogP contribution in [0.2, 0.25) is 0 Å². The minimum atomic E-state index is 0.176. The summed E-state index contributed by atoms with van der Waals surface area (Å²) < 4.78 is 0. The van der Waals surface area contributed by atoms with Gasteiger partial charge in [0.2, 0.25) is 0 Å². The summed E-state index contributed by atoms with van der Waals surface area (Å²) in [7, 11) is 0. The Morgan fingerprint density at radius 1 is 1.05 bits per heavy atom. The van der Waals surface area contributed by atoms with E-state index in [9.17, 15) is 0 Å². The van der Waals surface area contributed by atoms with E-state index in [4.69, 9.17) is 5.73 Å². The standard InChI is InChI=1S/C16H27N3/c1-3-9-18-10-12-19(13-11-18)15-7-5-14(6-8-15)16(17)4-2/h5-8,16H,3-4,9-13,17H2,1-2H3/t16-/m1/s1. The number of piperazine rings is 1. The highest BCUT2D eigenvalue weighted by Crippen LogP contribution is 2.20. The average Bonchev–Trinajstić information content (AvgIpc) is 2.48. The molecule has 0 aromatic heterocycles. The largest absolute Gasteiger partial charge is 0.369 e. The zero-order valence-corrected chi connectivity index (χ0v) is 12.3. The van der Waals surface area contributed by atoms with Gasteiger partial charge in [-0.1, -0.05) is 26.0 Å². The zero-order chi connectivity index (χ0) is 13.7. The minimum Gasteiger partial charge on any atom is -0.369 e. The molecule has 1 aliphatic heterocycles. The molecule has 1 aromatic rings. The van der Waals surface area contributed by atoms with Crippen molar-refractivity contribution >= 4 is 5.69 Å². The topological polar surface area (TPSA) is 32.5 Å². The maximum absolute atomic E-state index is 6.05. The lowest BCUT2D eigenvalue weighted by Crippen LogP contribution is -2.46. The highest BCUT2D eigenvalue weighted by Gasteiger charge is 2.16. The molecule has 1 saturated heterocycles. The number of anilines is 1. The third-order valence-corrected chi connectivity index (χ3v) is 4.04. The molecule has 3 nitrogen and oxygen atoms in total. The molecule has 19 heavy (non-hydrogen) atoms. The number of nitrogens with zero attached hydrogens (tertiary/aromatic N) is 2. The lowest BCUT2D eigenvalue weighted by Gasteiger charge is -2.36. The highest BCUT2D eigenvalue weighted by molar-refractivity contribution is 5.48. The maximum atomic E-state index is 6.05. The van der Waals surface area contributed by atoms with Crippen LogP contribution in [0.3, 0.4) is 0 Å². The van der Waals surface area contributed by atoms with Crippen molar-refractivity contribution < 1.29 is 0 Å². The Balaban J connectivity index is 1.92. The van der Waals surface area contributed by atoms with Crippen LogP contribution < -0.4 is 10.6 Å². The summed E-state index contributed by atoms with van der Waals surface area (Å²) in [5, 5.41) is 0. The van der Waals surface area contributed by atoms with Gasteiger partial charge in [-0.15, -0.1) is 0 Å². The van der Waals surface area contributed by atoms with Gasteiger partial charge in [0.05, 0.1) is 0 Å². The summed E-state index contributed by atoms with van der Waals surface area (Å²) in [6, 6.07) is 8.99. The van der Waals surface area contributed by atoms with Gasteiger partial charge in [0, 0.05) is 37.9 Å². The van der Waals surface area contributed by atoms with Crippen molar-refractivity contribution in [3.63, 3.8) is 0 Å². The van der Waals surface area contributed by atoms with E-state index in [2.05, 4.69) is 47.9 Å². The molecule has 0 bridgehead atoms. The second-order valence-electron chi connectivity index (χ2n) is 5.43. The Hall–Kier alpha value is -1.06. The lowest BCUT2D eigenvalue weighted by molar-refractivity contribution is 0.258. The molecule has 106 valence electrons. The maximum Gasteiger partial charge on any atom is 0.0367 e. The predicted molar refractivity (Wildman–Crippen MR) is 82.6 cm³/mol. The fourth-order valence-electron chi connectivity index (χ4n) is 2.71. The van der Waals surface area contributed by atoms with Crippen molar-refractivity contribution in [2.45, 2.75) is 32.7 Å². The fourth-order valence-corrected chi connectivity index (χ4v) is 2.71. The summed E-state index contributed by atoms with van der Waals surface area (Å²) in [6.45, 7) is 10.3. The van der Waals surface area contributed by atoms with Gasteiger partial charge in [-0.25, -0.2) is 0 Å². The van der Waals surface area contributed by atoms with E-state index >= 15 is 0 Å². The van der Waals surface area contributed by atoms with E-state index in [0.717, 1.165) is 19.5 Å². The van der Waals surface area contributed by atoms with E-state index in [-0.39, 0.29) is 6.04 Å². The van der Waals surface area contributed by atoms with Crippen LogP contribution in [0.4, 0.5) is 5.69 Å². The molecule has 1 heterocycles. The van der Waals surface area contributed by atoms with E-state index in [0.29, 0.717) is 0 Å². The van der Waals surface area contributed by atoms with Gasteiger partial charge in [0.1, 0.15) is 0 Å². The quantitative estimate of drug-likeness (QED) is 0.884. The smallest absolute Gasteiger partial charge is 0.0367 e. The zero-order valence-electron chi connectivity index (χ0n) is 12.3. The molecule has 0 saturated carbocycles. The SMILES string of the molecule is CCCN1CCN(c2ccc([C@H](N)CC)cc2)CC1. The highest BCUT2D eigenvalue weighted by atomic mass is 15.3. The third kappa shape index (κ3) is 3.71. The van der Waals surface area contributed by atoms with Crippen molar-refractivity contribution in [3.05, 3.63) is 29.8 Å². The molecule has 0 amide bonds. The predicted octanol–water partition coefficient (Wildman–Crippen LogP) is 2.63. The number of benzene rings is 1. The van der Waals surface area contributed by atoms with Crippen molar-refractivity contribution in [2.75, 3.05) is 37.6 Å². The average molecular weight is 261 g/mol. The van der Waals surface area contributed by atoms with E-state index < -0.39 is 0 Å². The van der Waals surface area contributed by atoms with Gasteiger partial charge in [-0.2, -0.15) is 0 Å². The monoisotopic (exact) mass is 261 g/mol. The van der Waals surface area contributed by atoms with Crippen molar-refractivity contribution in [1.29, 1.82) is 0 Å². The molecule has 2 rings (SSSR count). The first-order chi connectivity index (χ1) is 9.24. The third-order valence-electron chi connectivity index (χ3n) is 4.04. The summed E-state index contributed by atoms with van der Waals surface area (Å²) in [5.74, 6) is 0. The summed E-state index contributed by atoms with van der Waals surface area (Å²) in [6.07, 6.45) is 2.25. The van der Waals surface area contributed by atoms with E-state index in [1.54, 1.807) is 0 Å². The Kier molecular flexibility index (Phi) is 5.23. The molecule has 0 radical (unpaired) electrons. The van der Waals surface area contributed by atoms with Crippen molar-refractivity contribution in [2.24, 2.45) is 5.73 Å². The van der Waals surface area contributed by atoms with Crippen LogP contribution in [-0.2, 0) is 0 Å². The van der Waals surface area contributed by atoms with E-state index in [1.807, 2.05) is 0 Å². The molecule has 0 spiro atoms. The van der Waals surface area contributed by atoms with Crippen molar-refractivity contribution in [3.8, 4) is 0 Å². The van der Waals surface area contributed by atoms with Gasteiger partial charge in [-0.05, 0) is 37.1 Å². The number of rotatable bonds is 5. The number of hydrogen-bond acceptors (Lipinski definition) is 3. The molecule has 1 aliphatic rings. The molecule has 1 aromatic carbocycles. The van der Waals surface area contributed by atoms with Crippen LogP contribution in [-0.4, -0.2) is 37.6 Å². The van der Waals surface area contributed by atoms with E-state index in [1.165, 1.54) is 37.3 Å². The van der Waals surface area contributed by atoms with Crippen molar-refractivity contribution in [1.82, 2.24) is 4.90 Å². The van der Waals surface area contributed by atoms with Gasteiger partial charge in [0.15, 0.2) is 0 Å². The first-order valence-electron chi connectivity index (χ1n) is 7.57. The Morgan fingerprint density at radius 3 is 2.21 bits per heavy atom. The Labute approximate surface area is 117 Å². The molecule has 1 atom stereocenters. The van der Waals surface area contributed by atoms with Crippen LogP contribution in [0, 0.1) is 0 Å². The van der Waals surface area contributed by atoms with Crippen LogP contribution in [0.25, 0.3) is 0 Å². The second-order valence-corrected chi connectivity index (χ2v) is 5.43. The Bertz CT molecular complexity index is 366. The Morgan fingerprint density at radius 2 is 1.68 bits per heavy atom. The van der Waals surface area contributed by atoms with Crippen LogP contribution in [0.15, 0.2) is 24.3 Å². The first kappa shape index (κ1) is 14.4. The van der Waals surface area contributed by atoms with Gasteiger partial charge >= 0.3 is 0 Å². The van der Waals surface area contributed by atoms with Gasteiger partial charge in [0.25, 0.3) is 0 Å². The first-order valence-corrected chi connectivity index (χ1v) is 7.57. The molecule has 1 fully saturated rings. The summed E-state index contributed by atoms with van der Waals surface area (Å²) >= 11 is 0.